The maximum absolute atomic E-state index is 9.72. The van der Waals surface area contributed by atoms with Crippen molar-refractivity contribution >= 4 is 15.9 Å². The van der Waals surface area contributed by atoms with Gasteiger partial charge in [-0.1, -0.05) is 0 Å². The molecule has 2 N–H and O–H groups in total. The Morgan fingerprint density at radius 3 is 3.15 bits per heavy atom. The Bertz CT molecular complexity index is 289. The molecule has 1 aliphatic heterocycles. The van der Waals surface area contributed by atoms with E-state index in [4.69, 9.17) is 0 Å². The molecule has 72 valence electrons. The molecule has 2 atom stereocenters. The quantitative estimate of drug-likeness (QED) is 0.760. The molecule has 0 bridgehead atoms. The zero-order valence-corrected chi connectivity index (χ0v) is 8.74. The summed E-state index contributed by atoms with van der Waals surface area (Å²) in [7, 11) is 0. The minimum Gasteiger partial charge on any atom is -0.391 e. The summed E-state index contributed by atoms with van der Waals surface area (Å²) < 4.78 is 2.76. The highest BCUT2D eigenvalue weighted by Crippen LogP contribution is 2.18. The second kappa shape index (κ2) is 3.77. The highest BCUT2D eigenvalue weighted by atomic mass is 79.9. The molecular formula is C8H12BrN3O. The number of aliphatic hydroxyl groups is 1. The second-order valence-electron chi connectivity index (χ2n) is 3.27. The lowest BCUT2D eigenvalue weighted by Gasteiger charge is -2.28. The van der Waals surface area contributed by atoms with Crippen LogP contribution in [0.5, 0.6) is 0 Å². The van der Waals surface area contributed by atoms with E-state index in [1.165, 1.54) is 0 Å². The van der Waals surface area contributed by atoms with Gasteiger partial charge in [0.1, 0.15) is 0 Å². The van der Waals surface area contributed by atoms with E-state index >= 15 is 0 Å². The van der Waals surface area contributed by atoms with Crippen molar-refractivity contribution in [2.45, 2.75) is 18.6 Å². The van der Waals surface area contributed by atoms with Gasteiger partial charge in [-0.25, -0.2) is 0 Å². The summed E-state index contributed by atoms with van der Waals surface area (Å²) in [6.45, 7) is 1.68. The molecule has 5 heteroatoms. The van der Waals surface area contributed by atoms with Gasteiger partial charge >= 0.3 is 0 Å². The highest BCUT2D eigenvalue weighted by Gasteiger charge is 2.24. The minimum absolute atomic E-state index is 0.0695. The van der Waals surface area contributed by atoms with Gasteiger partial charge in [-0.3, -0.25) is 4.68 Å². The number of hydrogen-bond acceptors (Lipinski definition) is 3. The van der Waals surface area contributed by atoms with E-state index in [1.54, 1.807) is 10.9 Å². The summed E-state index contributed by atoms with van der Waals surface area (Å²) in [6, 6.07) is 0.0695. The SMILES string of the molecule is O[C@@H]1CCNCC1n1cc(Br)cn1. The number of nitrogens with zero attached hydrogens (tertiary/aromatic N) is 2. The average Bonchev–Trinajstić information content (AvgIpc) is 2.53. The van der Waals surface area contributed by atoms with Gasteiger partial charge in [-0.15, -0.1) is 0 Å². The first-order chi connectivity index (χ1) is 6.27. The minimum atomic E-state index is -0.284. The number of aromatic nitrogens is 2. The number of rotatable bonds is 1. The molecule has 1 aromatic heterocycles. The van der Waals surface area contributed by atoms with Crippen LogP contribution in [0.25, 0.3) is 0 Å². The number of halogens is 1. The third-order valence-electron chi connectivity index (χ3n) is 2.32. The Labute approximate surface area is 85.1 Å². The zero-order chi connectivity index (χ0) is 9.26. The molecule has 2 rings (SSSR count). The van der Waals surface area contributed by atoms with Crippen LogP contribution >= 0.6 is 15.9 Å². The molecule has 13 heavy (non-hydrogen) atoms. The van der Waals surface area contributed by atoms with Gasteiger partial charge in [0.2, 0.25) is 0 Å². The van der Waals surface area contributed by atoms with E-state index in [9.17, 15) is 5.11 Å². The smallest absolute Gasteiger partial charge is 0.0902 e. The fraction of sp³-hybridized carbons (Fsp3) is 0.625. The van der Waals surface area contributed by atoms with Crippen LogP contribution in [0, 0.1) is 0 Å². The zero-order valence-electron chi connectivity index (χ0n) is 7.15. The van der Waals surface area contributed by atoms with Gasteiger partial charge in [0.05, 0.1) is 22.8 Å². The van der Waals surface area contributed by atoms with Crippen molar-refractivity contribution in [1.29, 1.82) is 0 Å². The maximum atomic E-state index is 9.72. The van der Waals surface area contributed by atoms with Crippen LogP contribution in [-0.2, 0) is 0 Å². The molecule has 0 radical (unpaired) electrons. The lowest BCUT2D eigenvalue weighted by molar-refractivity contribution is 0.0783. The monoisotopic (exact) mass is 245 g/mol. The number of aliphatic hydroxyl groups excluding tert-OH is 1. The first kappa shape index (κ1) is 9.18. The molecule has 1 aromatic rings. The molecule has 0 amide bonds. The van der Waals surface area contributed by atoms with Crippen LogP contribution in [0.15, 0.2) is 16.9 Å². The van der Waals surface area contributed by atoms with E-state index in [0.717, 1.165) is 24.0 Å². The summed E-state index contributed by atoms with van der Waals surface area (Å²) in [6.07, 6.45) is 4.14. The lowest BCUT2D eigenvalue weighted by Crippen LogP contribution is -2.41. The Kier molecular flexibility index (Phi) is 2.66. The first-order valence-corrected chi connectivity index (χ1v) is 5.15. The fourth-order valence-electron chi connectivity index (χ4n) is 1.59. The van der Waals surface area contributed by atoms with Crippen LogP contribution in [-0.4, -0.2) is 34.1 Å². The van der Waals surface area contributed by atoms with E-state index < -0.39 is 0 Å². The molecule has 1 aliphatic rings. The van der Waals surface area contributed by atoms with Crippen LogP contribution in [0.3, 0.4) is 0 Å². The van der Waals surface area contributed by atoms with Crippen LogP contribution in [0.4, 0.5) is 0 Å². The summed E-state index contributed by atoms with van der Waals surface area (Å²) in [5.74, 6) is 0. The molecule has 1 fully saturated rings. The van der Waals surface area contributed by atoms with E-state index in [1.807, 2.05) is 6.20 Å². The summed E-state index contributed by atoms with van der Waals surface area (Å²) >= 11 is 3.33. The summed E-state index contributed by atoms with van der Waals surface area (Å²) in [5.41, 5.74) is 0. The molecule has 0 aromatic carbocycles. The molecular weight excluding hydrogens is 234 g/mol. The number of hydrogen-bond donors (Lipinski definition) is 2. The van der Waals surface area contributed by atoms with Gasteiger partial charge in [0, 0.05) is 12.7 Å². The predicted molar refractivity (Wildman–Crippen MR) is 52.5 cm³/mol. The van der Waals surface area contributed by atoms with Crippen molar-refractivity contribution in [2.24, 2.45) is 0 Å². The number of nitrogens with one attached hydrogen (secondary N) is 1. The maximum Gasteiger partial charge on any atom is 0.0902 e. The first-order valence-electron chi connectivity index (χ1n) is 4.36. The molecule has 2 heterocycles. The fourth-order valence-corrected chi connectivity index (χ4v) is 1.90. The Morgan fingerprint density at radius 1 is 1.69 bits per heavy atom. The summed E-state index contributed by atoms with van der Waals surface area (Å²) in [5, 5.41) is 17.1. The molecule has 0 saturated carbocycles. The van der Waals surface area contributed by atoms with Gasteiger partial charge in [0.25, 0.3) is 0 Å². The topological polar surface area (TPSA) is 50.1 Å². The third kappa shape index (κ3) is 1.92. The molecule has 1 unspecified atom stereocenters. The molecule has 0 spiro atoms. The van der Waals surface area contributed by atoms with Gasteiger partial charge in [-0.05, 0) is 28.9 Å². The second-order valence-corrected chi connectivity index (χ2v) is 4.18. The normalized spacial score (nSPS) is 29.1. The van der Waals surface area contributed by atoms with Gasteiger partial charge in [0.15, 0.2) is 0 Å². The average molecular weight is 246 g/mol. The standard InChI is InChI=1S/C8H12BrN3O/c9-6-3-11-12(5-6)7-4-10-2-1-8(7)13/h3,5,7-8,10,13H,1-2,4H2/t7?,8-/m1/s1. The van der Waals surface area contributed by atoms with E-state index in [0.29, 0.717) is 0 Å². The molecule has 0 aliphatic carbocycles. The largest absolute Gasteiger partial charge is 0.391 e. The van der Waals surface area contributed by atoms with Crippen molar-refractivity contribution in [3.05, 3.63) is 16.9 Å². The Hall–Kier alpha value is -0.390. The van der Waals surface area contributed by atoms with E-state index in [2.05, 4.69) is 26.3 Å². The summed E-state index contributed by atoms with van der Waals surface area (Å²) in [4.78, 5) is 0. The van der Waals surface area contributed by atoms with Gasteiger partial charge in [-0.2, -0.15) is 5.10 Å². The van der Waals surface area contributed by atoms with Crippen LogP contribution in [0.1, 0.15) is 12.5 Å². The number of piperidine rings is 1. The van der Waals surface area contributed by atoms with Crippen molar-refractivity contribution in [3.63, 3.8) is 0 Å². The third-order valence-corrected chi connectivity index (χ3v) is 2.73. The lowest BCUT2D eigenvalue weighted by atomic mass is 10.0. The molecule has 4 nitrogen and oxygen atoms in total. The predicted octanol–water partition coefficient (Wildman–Crippen LogP) is 0.541. The van der Waals surface area contributed by atoms with Crippen LogP contribution < -0.4 is 5.32 Å². The Morgan fingerprint density at radius 2 is 2.54 bits per heavy atom. The van der Waals surface area contributed by atoms with Crippen molar-refractivity contribution in [3.8, 4) is 0 Å². The van der Waals surface area contributed by atoms with Crippen molar-refractivity contribution in [1.82, 2.24) is 15.1 Å². The van der Waals surface area contributed by atoms with E-state index in [-0.39, 0.29) is 12.1 Å². The van der Waals surface area contributed by atoms with Gasteiger partial charge < -0.3 is 10.4 Å². The molecule has 1 saturated heterocycles. The van der Waals surface area contributed by atoms with Crippen molar-refractivity contribution in [2.75, 3.05) is 13.1 Å². The Balaban J connectivity index is 2.14. The van der Waals surface area contributed by atoms with Crippen molar-refractivity contribution < 1.29 is 5.11 Å². The highest BCUT2D eigenvalue weighted by molar-refractivity contribution is 9.10. The van der Waals surface area contributed by atoms with Crippen LogP contribution in [0.2, 0.25) is 0 Å².